The first-order valence-corrected chi connectivity index (χ1v) is 8.34. The van der Waals surface area contributed by atoms with Crippen LogP contribution in [-0.2, 0) is 9.84 Å². The molecule has 0 radical (unpaired) electrons. The molecule has 1 heterocycles. The normalized spacial score (nSPS) is 19.9. The summed E-state index contributed by atoms with van der Waals surface area (Å²) >= 11 is 3.41. The molecule has 3 nitrogen and oxygen atoms in total. The van der Waals surface area contributed by atoms with Crippen LogP contribution in [0.5, 0.6) is 0 Å². The van der Waals surface area contributed by atoms with Gasteiger partial charge in [0.1, 0.15) is 0 Å². The third-order valence-electron chi connectivity index (χ3n) is 3.18. The zero-order valence-corrected chi connectivity index (χ0v) is 12.4. The fraction of sp³-hybridized carbons (Fsp3) is 0.143. The molecule has 1 aliphatic rings. The Morgan fingerprint density at radius 3 is 2.68 bits per heavy atom. The second-order valence-electron chi connectivity index (χ2n) is 4.53. The van der Waals surface area contributed by atoms with Crippen molar-refractivity contribution in [3.05, 3.63) is 58.6 Å². The van der Waals surface area contributed by atoms with Gasteiger partial charge in [-0.2, -0.15) is 0 Å². The lowest BCUT2D eigenvalue weighted by molar-refractivity contribution is 0.598. The lowest BCUT2D eigenvalue weighted by Crippen LogP contribution is -2.12. The maximum atomic E-state index is 12.1. The quantitative estimate of drug-likeness (QED) is 0.913. The van der Waals surface area contributed by atoms with Gasteiger partial charge in [0.2, 0.25) is 0 Å². The molecule has 1 atom stereocenters. The van der Waals surface area contributed by atoms with Gasteiger partial charge in [-0.25, -0.2) is 8.42 Å². The standard InChI is InChI=1S/C14H12BrNO2S/c15-10-4-3-5-11(8-10)16-13-9-19(17,18)14-7-2-1-6-12(13)14/h1-8,13,16H,9H2. The van der Waals surface area contributed by atoms with E-state index in [9.17, 15) is 8.42 Å². The Hall–Kier alpha value is -1.33. The molecular weight excluding hydrogens is 326 g/mol. The van der Waals surface area contributed by atoms with Crippen LogP contribution in [0.3, 0.4) is 0 Å². The van der Waals surface area contributed by atoms with Crippen molar-refractivity contribution >= 4 is 31.5 Å². The minimum Gasteiger partial charge on any atom is -0.377 e. The fourth-order valence-corrected chi connectivity index (χ4v) is 4.49. The molecule has 0 amide bonds. The Bertz CT molecular complexity index is 728. The van der Waals surface area contributed by atoms with Gasteiger partial charge in [0.25, 0.3) is 0 Å². The van der Waals surface area contributed by atoms with Crippen LogP contribution in [0, 0.1) is 0 Å². The predicted octanol–water partition coefficient (Wildman–Crippen LogP) is 3.39. The molecular formula is C14H12BrNO2S. The van der Waals surface area contributed by atoms with Crippen LogP contribution in [0.2, 0.25) is 0 Å². The third-order valence-corrected chi connectivity index (χ3v) is 5.49. The largest absolute Gasteiger partial charge is 0.377 e. The van der Waals surface area contributed by atoms with Gasteiger partial charge in [0.05, 0.1) is 16.7 Å². The molecule has 0 spiro atoms. The van der Waals surface area contributed by atoms with Crippen molar-refractivity contribution in [2.45, 2.75) is 10.9 Å². The first-order chi connectivity index (χ1) is 9.06. The maximum absolute atomic E-state index is 12.1. The van der Waals surface area contributed by atoms with E-state index >= 15 is 0 Å². The van der Waals surface area contributed by atoms with Gasteiger partial charge in [-0.15, -0.1) is 0 Å². The molecule has 3 rings (SSSR count). The second-order valence-corrected chi connectivity index (χ2v) is 7.44. The number of rotatable bonds is 2. The SMILES string of the molecule is O=S1(=O)CC(Nc2cccc(Br)c2)c2ccccc21. The zero-order chi connectivity index (χ0) is 13.5. The third kappa shape index (κ3) is 2.40. The molecule has 98 valence electrons. The molecule has 1 aliphatic heterocycles. The number of benzene rings is 2. The first kappa shape index (κ1) is 12.7. The number of anilines is 1. The van der Waals surface area contributed by atoms with E-state index in [0.717, 1.165) is 15.7 Å². The van der Waals surface area contributed by atoms with Crippen LogP contribution in [0.25, 0.3) is 0 Å². The molecule has 0 aromatic heterocycles. The molecule has 1 N–H and O–H groups in total. The van der Waals surface area contributed by atoms with Crippen molar-refractivity contribution in [2.24, 2.45) is 0 Å². The van der Waals surface area contributed by atoms with Crippen molar-refractivity contribution in [3.8, 4) is 0 Å². The topological polar surface area (TPSA) is 46.2 Å². The van der Waals surface area contributed by atoms with E-state index in [1.54, 1.807) is 12.1 Å². The van der Waals surface area contributed by atoms with Gasteiger partial charge in [-0.05, 0) is 29.8 Å². The minimum atomic E-state index is -3.16. The Labute approximate surface area is 120 Å². The number of sulfone groups is 1. The number of fused-ring (bicyclic) bond motifs is 1. The van der Waals surface area contributed by atoms with E-state index in [-0.39, 0.29) is 11.8 Å². The highest BCUT2D eigenvalue weighted by Crippen LogP contribution is 2.35. The van der Waals surface area contributed by atoms with Crippen molar-refractivity contribution in [1.82, 2.24) is 0 Å². The molecule has 0 saturated heterocycles. The number of nitrogens with one attached hydrogen (secondary N) is 1. The highest BCUT2D eigenvalue weighted by Gasteiger charge is 2.34. The summed E-state index contributed by atoms with van der Waals surface area (Å²) in [5.74, 6) is 0.110. The van der Waals surface area contributed by atoms with Crippen LogP contribution < -0.4 is 5.32 Å². The molecule has 0 fully saturated rings. The Kier molecular flexibility index (Phi) is 3.11. The molecule has 0 saturated carbocycles. The molecule has 2 aromatic rings. The fourth-order valence-electron chi connectivity index (χ4n) is 2.35. The summed E-state index contributed by atoms with van der Waals surface area (Å²) in [6, 6.07) is 14.7. The Morgan fingerprint density at radius 1 is 1.11 bits per heavy atom. The Balaban J connectivity index is 1.96. The summed E-state index contributed by atoms with van der Waals surface area (Å²) in [4.78, 5) is 0.447. The van der Waals surface area contributed by atoms with Gasteiger partial charge < -0.3 is 5.32 Å². The molecule has 5 heteroatoms. The monoisotopic (exact) mass is 337 g/mol. The minimum absolute atomic E-state index is 0.110. The zero-order valence-electron chi connectivity index (χ0n) is 10.0. The van der Waals surface area contributed by atoms with Crippen molar-refractivity contribution in [1.29, 1.82) is 0 Å². The lowest BCUT2D eigenvalue weighted by atomic mass is 10.1. The van der Waals surface area contributed by atoms with Crippen LogP contribution in [0.4, 0.5) is 5.69 Å². The summed E-state index contributed by atoms with van der Waals surface area (Å²) in [6.07, 6.45) is 0. The van der Waals surface area contributed by atoms with Crippen molar-refractivity contribution in [2.75, 3.05) is 11.1 Å². The lowest BCUT2D eigenvalue weighted by Gasteiger charge is -2.14. The van der Waals surface area contributed by atoms with Crippen molar-refractivity contribution in [3.63, 3.8) is 0 Å². The van der Waals surface area contributed by atoms with E-state index in [0.29, 0.717) is 4.90 Å². The molecule has 0 bridgehead atoms. The maximum Gasteiger partial charge on any atom is 0.181 e. The van der Waals surface area contributed by atoms with Crippen LogP contribution >= 0.6 is 15.9 Å². The highest BCUT2D eigenvalue weighted by molar-refractivity contribution is 9.10. The average molecular weight is 338 g/mol. The molecule has 0 aliphatic carbocycles. The van der Waals surface area contributed by atoms with Gasteiger partial charge in [0, 0.05) is 10.2 Å². The predicted molar refractivity (Wildman–Crippen MR) is 79.0 cm³/mol. The Morgan fingerprint density at radius 2 is 1.89 bits per heavy atom. The average Bonchev–Trinajstić information content (AvgIpc) is 2.62. The highest BCUT2D eigenvalue weighted by atomic mass is 79.9. The second kappa shape index (κ2) is 4.65. The van der Waals surface area contributed by atoms with E-state index in [4.69, 9.17) is 0 Å². The first-order valence-electron chi connectivity index (χ1n) is 5.90. The summed E-state index contributed by atoms with van der Waals surface area (Å²) in [5, 5.41) is 3.28. The van der Waals surface area contributed by atoms with Crippen molar-refractivity contribution < 1.29 is 8.42 Å². The van der Waals surface area contributed by atoms with Gasteiger partial charge in [-0.1, -0.05) is 40.2 Å². The molecule has 1 unspecified atom stereocenters. The summed E-state index contributed by atoms with van der Waals surface area (Å²) in [5.41, 5.74) is 1.76. The van der Waals surface area contributed by atoms with Crippen LogP contribution in [0.15, 0.2) is 57.9 Å². The van der Waals surface area contributed by atoms with Gasteiger partial charge in [-0.3, -0.25) is 0 Å². The van der Waals surface area contributed by atoms with Crippen LogP contribution in [-0.4, -0.2) is 14.2 Å². The van der Waals surface area contributed by atoms with Gasteiger partial charge in [0.15, 0.2) is 9.84 Å². The van der Waals surface area contributed by atoms with Gasteiger partial charge >= 0.3 is 0 Å². The summed E-state index contributed by atoms with van der Waals surface area (Å²) < 4.78 is 25.1. The van der Waals surface area contributed by atoms with E-state index < -0.39 is 9.84 Å². The number of halogens is 1. The summed E-state index contributed by atoms with van der Waals surface area (Å²) in [6.45, 7) is 0. The van der Waals surface area contributed by atoms with E-state index in [1.807, 2.05) is 36.4 Å². The number of hydrogen-bond donors (Lipinski definition) is 1. The molecule has 2 aromatic carbocycles. The van der Waals surface area contributed by atoms with Crippen LogP contribution in [0.1, 0.15) is 11.6 Å². The van der Waals surface area contributed by atoms with E-state index in [1.165, 1.54) is 0 Å². The number of hydrogen-bond acceptors (Lipinski definition) is 3. The smallest absolute Gasteiger partial charge is 0.181 e. The summed E-state index contributed by atoms with van der Waals surface area (Å²) in [7, 11) is -3.16. The molecule has 19 heavy (non-hydrogen) atoms. The van der Waals surface area contributed by atoms with E-state index in [2.05, 4.69) is 21.2 Å².